The quantitative estimate of drug-likeness (QED) is 0.372. The number of anilines is 3. The lowest BCUT2D eigenvalue weighted by Gasteiger charge is -2.17. The van der Waals surface area contributed by atoms with Crippen LogP contribution in [0.5, 0.6) is 5.88 Å². The molecule has 0 bridgehead atoms. The lowest BCUT2D eigenvalue weighted by Crippen LogP contribution is -2.39. The molecule has 0 aliphatic heterocycles. The topological polar surface area (TPSA) is 177 Å². The van der Waals surface area contributed by atoms with E-state index in [2.05, 4.69) is 45.9 Å². The molecule has 35 heavy (non-hydrogen) atoms. The molecular formula is C22H25N9O4. The lowest BCUT2D eigenvalue weighted by molar-refractivity contribution is 0.0790. The van der Waals surface area contributed by atoms with Crippen LogP contribution in [0.4, 0.5) is 22.0 Å². The predicted molar refractivity (Wildman–Crippen MR) is 124 cm³/mol. The molecule has 2 amide bonds. The molecule has 0 spiro atoms. The fourth-order valence-electron chi connectivity index (χ4n) is 2.94. The maximum atomic E-state index is 13.3. The van der Waals surface area contributed by atoms with E-state index in [-0.39, 0.29) is 35.5 Å². The third-order valence-electron chi connectivity index (χ3n) is 4.80. The van der Waals surface area contributed by atoms with Crippen molar-refractivity contribution in [3.63, 3.8) is 0 Å². The van der Waals surface area contributed by atoms with E-state index in [0.29, 0.717) is 17.2 Å². The number of hydrogen-bond acceptors (Lipinski definition) is 11. The second-order valence-electron chi connectivity index (χ2n) is 8.66. The van der Waals surface area contributed by atoms with Crippen molar-refractivity contribution in [2.24, 2.45) is 0 Å². The van der Waals surface area contributed by atoms with E-state index in [1.807, 2.05) is 0 Å². The molecule has 0 saturated heterocycles. The summed E-state index contributed by atoms with van der Waals surface area (Å²) in [7, 11) is 0. The molecule has 0 radical (unpaired) electrons. The molecule has 182 valence electrons. The molecule has 1 saturated carbocycles. The first-order valence-corrected chi connectivity index (χ1v) is 10.9. The molecular weight excluding hydrogens is 454 g/mol. The maximum absolute atomic E-state index is 13.3. The van der Waals surface area contributed by atoms with Crippen LogP contribution in [-0.2, 0) is 0 Å². The minimum Gasteiger partial charge on any atom is -0.389 e. The Labute approximate surface area is 200 Å². The first-order valence-electron chi connectivity index (χ1n) is 10.9. The highest BCUT2D eigenvalue weighted by atomic mass is 16.6. The number of carbonyl (C=O) groups is 2. The number of aliphatic hydroxyl groups is 1. The number of ether oxygens (including phenoxy) is 1. The van der Waals surface area contributed by atoms with Gasteiger partial charge in [0.05, 0.1) is 41.8 Å². The Kier molecular flexibility index (Phi) is 6.78. The van der Waals surface area contributed by atoms with Gasteiger partial charge in [-0.05, 0) is 33.6 Å². The molecule has 13 heteroatoms. The average Bonchev–Trinajstić information content (AvgIpc) is 3.65. The fourth-order valence-corrected chi connectivity index (χ4v) is 2.94. The van der Waals surface area contributed by atoms with Crippen LogP contribution in [0.15, 0.2) is 31.1 Å². The molecule has 0 aromatic carbocycles. The number of carbonyl (C=O) groups excluding carboxylic acids is 2. The smallest absolute Gasteiger partial charge is 0.389 e. The summed E-state index contributed by atoms with van der Waals surface area (Å²) in [4.78, 5) is 50.5. The minimum atomic E-state index is -1.13. The Bertz CT molecular complexity index is 1230. The van der Waals surface area contributed by atoms with Gasteiger partial charge in [0.15, 0.2) is 11.5 Å². The number of aryl methyl sites for hydroxylation is 1. The highest BCUT2D eigenvalue weighted by Crippen LogP contribution is 2.39. The van der Waals surface area contributed by atoms with Gasteiger partial charge in [-0.1, -0.05) is 0 Å². The van der Waals surface area contributed by atoms with Crippen molar-refractivity contribution in [2.75, 3.05) is 17.2 Å². The van der Waals surface area contributed by atoms with Gasteiger partial charge < -0.3 is 25.8 Å². The third kappa shape index (κ3) is 6.63. The van der Waals surface area contributed by atoms with Crippen LogP contribution in [-0.4, -0.2) is 59.2 Å². The first kappa shape index (κ1) is 23.9. The Morgan fingerprint density at radius 1 is 1.11 bits per heavy atom. The molecule has 4 rings (SSSR count). The van der Waals surface area contributed by atoms with Gasteiger partial charge >= 0.3 is 6.09 Å². The van der Waals surface area contributed by atoms with Crippen molar-refractivity contribution in [2.45, 2.75) is 45.1 Å². The Balaban J connectivity index is 1.57. The lowest BCUT2D eigenvalue weighted by atomic mass is 10.1. The molecule has 13 nitrogen and oxygen atoms in total. The van der Waals surface area contributed by atoms with E-state index in [0.717, 1.165) is 12.8 Å². The van der Waals surface area contributed by atoms with Gasteiger partial charge in [-0.25, -0.2) is 29.7 Å². The van der Waals surface area contributed by atoms with Crippen LogP contribution in [0.2, 0.25) is 0 Å². The summed E-state index contributed by atoms with van der Waals surface area (Å²) >= 11 is 0. The molecule has 3 aromatic heterocycles. The summed E-state index contributed by atoms with van der Waals surface area (Å²) in [6.45, 7) is 4.65. The van der Waals surface area contributed by atoms with E-state index < -0.39 is 17.6 Å². The SMILES string of the molecule is Cc1ncc(NC(=O)c2nc(C3CC3)cnc2Nc2cncnc2)c(OC(=O)NCC(C)(C)O)n1. The van der Waals surface area contributed by atoms with Gasteiger partial charge in [-0.2, -0.15) is 4.98 Å². The summed E-state index contributed by atoms with van der Waals surface area (Å²) < 4.78 is 5.26. The Hall–Kier alpha value is -4.26. The molecule has 1 aliphatic rings. The number of nitrogens with zero attached hydrogens (tertiary/aromatic N) is 6. The van der Waals surface area contributed by atoms with Gasteiger partial charge in [0.25, 0.3) is 11.8 Å². The minimum absolute atomic E-state index is 0.0382. The van der Waals surface area contributed by atoms with Gasteiger partial charge in [0.1, 0.15) is 17.8 Å². The normalized spacial score (nSPS) is 13.1. The number of hydrogen-bond donors (Lipinski definition) is 4. The van der Waals surface area contributed by atoms with Gasteiger partial charge in [-0.15, -0.1) is 0 Å². The second kappa shape index (κ2) is 9.93. The zero-order valence-electron chi connectivity index (χ0n) is 19.4. The van der Waals surface area contributed by atoms with Crippen molar-refractivity contribution >= 4 is 29.2 Å². The highest BCUT2D eigenvalue weighted by molar-refractivity contribution is 6.07. The van der Waals surface area contributed by atoms with Crippen molar-refractivity contribution in [1.29, 1.82) is 0 Å². The van der Waals surface area contributed by atoms with Crippen molar-refractivity contribution in [3.05, 3.63) is 48.3 Å². The number of rotatable bonds is 8. The molecule has 3 aromatic rings. The standard InChI is InChI=1S/C22H25N9O4/c1-12-25-9-16(20(28-12)35-21(33)27-10-22(2,3)34)31-19(32)17-18(29-14-6-23-11-24-7-14)26-8-15(30-17)13-4-5-13/h6-9,11,13,34H,4-5,10H2,1-3H3,(H,26,29)(H,27,33)(H,31,32). The maximum Gasteiger partial charge on any atom is 0.414 e. The van der Waals surface area contributed by atoms with Crippen molar-refractivity contribution in [3.8, 4) is 5.88 Å². The van der Waals surface area contributed by atoms with Crippen molar-refractivity contribution in [1.82, 2.24) is 35.2 Å². The average molecular weight is 480 g/mol. The van der Waals surface area contributed by atoms with Crippen LogP contribution < -0.4 is 20.7 Å². The van der Waals surface area contributed by atoms with Gasteiger partial charge in [0, 0.05) is 12.5 Å². The van der Waals surface area contributed by atoms with E-state index in [9.17, 15) is 14.7 Å². The molecule has 3 heterocycles. The zero-order valence-corrected chi connectivity index (χ0v) is 19.4. The van der Waals surface area contributed by atoms with E-state index in [4.69, 9.17) is 4.74 Å². The third-order valence-corrected chi connectivity index (χ3v) is 4.80. The van der Waals surface area contributed by atoms with Crippen molar-refractivity contribution < 1.29 is 19.4 Å². The van der Waals surface area contributed by atoms with Crippen LogP contribution in [0.3, 0.4) is 0 Å². The van der Waals surface area contributed by atoms with Crippen LogP contribution in [0.1, 0.15) is 54.6 Å². The van der Waals surface area contributed by atoms with Crippen LogP contribution >= 0.6 is 0 Å². The molecule has 0 atom stereocenters. The molecule has 1 aliphatic carbocycles. The Morgan fingerprint density at radius 3 is 2.54 bits per heavy atom. The second-order valence-corrected chi connectivity index (χ2v) is 8.66. The first-order chi connectivity index (χ1) is 16.7. The number of amides is 2. The highest BCUT2D eigenvalue weighted by Gasteiger charge is 2.28. The van der Waals surface area contributed by atoms with E-state index >= 15 is 0 Å². The predicted octanol–water partition coefficient (Wildman–Crippen LogP) is 2.10. The van der Waals surface area contributed by atoms with E-state index in [1.54, 1.807) is 13.1 Å². The van der Waals surface area contributed by atoms with Crippen LogP contribution in [0.25, 0.3) is 0 Å². The molecule has 4 N–H and O–H groups in total. The largest absolute Gasteiger partial charge is 0.414 e. The van der Waals surface area contributed by atoms with Gasteiger partial charge in [-0.3, -0.25) is 4.79 Å². The summed E-state index contributed by atoms with van der Waals surface area (Å²) in [6, 6.07) is 0. The van der Waals surface area contributed by atoms with Crippen LogP contribution in [0, 0.1) is 6.92 Å². The summed E-state index contributed by atoms with van der Waals surface area (Å²) in [5, 5.41) is 17.9. The molecule has 1 fully saturated rings. The van der Waals surface area contributed by atoms with Gasteiger partial charge in [0.2, 0.25) is 0 Å². The monoisotopic (exact) mass is 479 g/mol. The van der Waals surface area contributed by atoms with E-state index in [1.165, 1.54) is 38.8 Å². The summed E-state index contributed by atoms with van der Waals surface area (Å²) in [5.74, 6) is 0.0458. The summed E-state index contributed by atoms with van der Waals surface area (Å²) in [6.07, 6.45) is 8.55. The zero-order chi connectivity index (χ0) is 25.0. The number of nitrogens with one attached hydrogen (secondary N) is 3. The summed E-state index contributed by atoms with van der Waals surface area (Å²) in [5.41, 5.74) is 0.215. The number of aromatic nitrogens is 6. The fraction of sp³-hybridized carbons (Fsp3) is 0.364. The molecule has 0 unspecified atom stereocenters. The Morgan fingerprint density at radius 2 is 1.86 bits per heavy atom.